The number of hydrogen-bond donors (Lipinski definition) is 2. The van der Waals surface area contributed by atoms with Gasteiger partial charge in [0.15, 0.2) is 0 Å². The van der Waals surface area contributed by atoms with E-state index in [1.54, 1.807) is 17.3 Å². The lowest BCUT2D eigenvalue weighted by Gasteiger charge is -2.30. The van der Waals surface area contributed by atoms with E-state index in [-0.39, 0.29) is 17.9 Å². The summed E-state index contributed by atoms with van der Waals surface area (Å²) in [7, 11) is 0. The molecule has 2 N–H and O–H groups in total. The van der Waals surface area contributed by atoms with E-state index in [0.29, 0.717) is 13.1 Å². The van der Waals surface area contributed by atoms with E-state index in [9.17, 15) is 9.59 Å². The van der Waals surface area contributed by atoms with E-state index in [0.717, 1.165) is 18.4 Å². The van der Waals surface area contributed by atoms with Crippen molar-refractivity contribution in [2.45, 2.75) is 46.2 Å². The fourth-order valence-electron chi connectivity index (χ4n) is 2.39. The van der Waals surface area contributed by atoms with Crippen LogP contribution in [0.3, 0.4) is 0 Å². The molecular weight excluding hydrogens is 256 g/mol. The molecular formula is C14H22N4O2. The topological polar surface area (TPSA) is 78.1 Å². The van der Waals surface area contributed by atoms with Gasteiger partial charge in [0.1, 0.15) is 6.04 Å². The van der Waals surface area contributed by atoms with Crippen molar-refractivity contribution in [1.29, 1.82) is 0 Å². The molecule has 1 atom stereocenters. The standard InChI is InChI=1S/C14H22N4O2/c1-14(2,3)13(20)18-6-4-5-11(18)12(19)15-7-10-8-16-17-9-10/h8-9,11H,4-7H2,1-3H3,(H,15,19)(H,16,17). The van der Waals surface area contributed by atoms with Crippen LogP contribution in [0.5, 0.6) is 0 Å². The van der Waals surface area contributed by atoms with Gasteiger partial charge in [-0.2, -0.15) is 5.10 Å². The summed E-state index contributed by atoms with van der Waals surface area (Å²) in [6, 6.07) is -0.339. The van der Waals surface area contributed by atoms with Gasteiger partial charge in [0, 0.05) is 30.3 Å². The van der Waals surface area contributed by atoms with Crippen molar-refractivity contribution in [2.24, 2.45) is 5.41 Å². The quantitative estimate of drug-likeness (QED) is 0.868. The molecule has 0 saturated carbocycles. The molecule has 1 unspecified atom stereocenters. The molecule has 1 aliphatic heterocycles. The lowest BCUT2D eigenvalue weighted by molar-refractivity contribution is -0.144. The molecule has 20 heavy (non-hydrogen) atoms. The van der Waals surface area contributed by atoms with Gasteiger partial charge in [-0.3, -0.25) is 14.7 Å². The summed E-state index contributed by atoms with van der Waals surface area (Å²) in [6.07, 6.45) is 5.03. The van der Waals surface area contributed by atoms with Crippen LogP contribution in [0.15, 0.2) is 12.4 Å². The summed E-state index contributed by atoms with van der Waals surface area (Å²) in [5.74, 6) is -0.0419. The first-order valence-corrected chi connectivity index (χ1v) is 6.96. The maximum atomic E-state index is 12.3. The lowest BCUT2D eigenvalue weighted by Crippen LogP contribution is -2.49. The number of aromatic nitrogens is 2. The second-order valence-electron chi connectivity index (χ2n) is 6.23. The molecule has 6 heteroatoms. The van der Waals surface area contributed by atoms with Gasteiger partial charge in [-0.1, -0.05) is 20.8 Å². The predicted molar refractivity (Wildman–Crippen MR) is 74.6 cm³/mol. The molecule has 0 spiro atoms. The third-order valence-corrected chi connectivity index (χ3v) is 3.48. The third kappa shape index (κ3) is 3.18. The number of aromatic amines is 1. The first-order chi connectivity index (χ1) is 9.39. The van der Waals surface area contributed by atoms with Gasteiger partial charge in [-0.05, 0) is 12.8 Å². The van der Waals surface area contributed by atoms with Gasteiger partial charge in [-0.25, -0.2) is 0 Å². The number of nitrogens with zero attached hydrogens (tertiary/aromatic N) is 2. The molecule has 1 aliphatic rings. The van der Waals surface area contributed by atoms with Crippen LogP contribution in [0, 0.1) is 5.41 Å². The van der Waals surface area contributed by atoms with E-state index in [1.165, 1.54) is 0 Å². The lowest BCUT2D eigenvalue weighted by atomic mass is 9.94. The number of rotatable bonds is 3. The second kappa shape index (κ2) is 5.64. The molecule has 1 aromatic heterocycles. The van der Waals surface area contributed by atoms with Crippen LogP contribution in [-0.4, -0.2) is 39.5 Å². The van der Waals surface area contributed by atoms with Crippen LogP contribution >= 0.6 is 0 Å². The van der Waals surface area contributed by atoms with Crippen LogP contribution in [-0.2, 0) is 16.1 Å². The summed E-state index contributed by atoms with van der Waals surface area (Å²) in [4.78, 5) is 26.3. The summed E-state index contributed by atoms with van der Waals surface area (Å²) < 4.78 is 0. The summed E-state index contributed by atoms with van der Waals surface area (Å²) >= 11 is 0. The van der Waals surface area contributed by atoms with Crippen LogP contribution in [0.1, 0.15) is 39.2 Å². The first-order valence-electron chi connectivity index (χ1n) is 6.96. The average Bonchev–Trinajstić information content (AvgIpc) is 3.04. The summed E-state index contributed by atoms with van der Waals surface area (Å²) in [5.41, 5.74) is 0.470. The van der Waals surface area contributed by atoms with Crippen molar-refractivity contribution < 1.29 is 9.59 Å². The molecule has 2 amide bonds. The van der Waals surface area contributed by atoms with Crippen molar-refractivity contribution >= 4 is 11.8 Å². The maximum absolute atomic E-state index is 12.3. The first kappa shape index (κ1) is 14.6. The third-order valence-electron chi connectivity index (χ3n) is 3.48. The number of carbonyl (C=O) groups is 2. The molecule has 1 fully saturated rings. The Labute approximate surface area is 118 Å². The zero-order valence-electron chi connectivity index (χ0n) is 12.3. The van der Waals surface area contributed by atoms with E-state index < -0.39 is 5.41 Å². The Hall–Kier alpha value is -1.85. The average molecular weight is 278 g/mol. The zero-order valence-corrected chi connectivity index (χ0v) is 12.3. The Morgan fingerprint density at radius 3 is 2.85 bits per heavy atom. The van der Waals surface area contributed by atoms with Crippen molar-refractivity contribution in [3.8, 4) is 0 Å². The fraction of sp³-hybridized carbons (Fsp3) is 0.643. The van der Waals surface area contributed by atoms with Crippen LogP contribution in [0.4, 0.5) is 0 Å². The Kier molecular flexibility index (Phi) is 4.11. The van der Waals surface area contributed by atoms with E-state index in [2.05, 4.69) is 15.5 Å². The molecule has 1 saturated heterocycles. The maximum Gasteiger partial charge on any atom is 0.243 e. The van der Waals surface area contributed by atoms with Gasteiger partial charge in [0.2, 0.25) is 11.8 Å². The Morgan fingerprint density at radius 2 is 2.25 bits per heavy atom. The Morgan fingerprint density at radius 1 is 1.50 bits per heavy atom. The van der Waals surface area contributed by atoms with Crippen molar-refractivity contribution in [3.05, 3.63) is 18.0 Å². The van der Waals surface area contributed by atoms with Crippen LogP contribution < -0.4 is 5.32 Å². The van der Waals surface area contributed by atoms with E-state index >= 15 is 0 Å². The van der Waals surface area contributed by atoms with Crippen LogP contribution in [0.2, 0.25) is 0 Å². The van der Waals surface area contributed by atoms with E-state index in [1.807, 2.05) is 20.8 Å². The highest BCUT2D eigenvalue weighted by Gasteiger charge is 2.38. The second-order valence-corrected chi connectivity index (χ2v) is 6.23. The highest BCUT2D eigenvalue weighted by atomic mass is 16.2. The molecule has 2 heterocycles. The number of hydrogen-bond acceptors (Lipinski definition) is 3. The molecule has 1 aromatic rings. The molecule has 6 nitrogen and oxygen atoms in total. The number of nitrogens with one attached hydrogen (secondary N) is 2. The monoisotopic (exact) mass is 278 g/mol. The minimum Gasteiger partial charge on any atom is -0.350 e. The molecule has 2 rings (SSSR count). The zero-order chi connectivity index (χ0) is 14.8. The van der Waals surface area contributed by atoms with Gasteiger partial charge in [-0.15, -0.1) is 0 Å². The molecule has 0 aromatic carbocycles. The Balaban J connectivity index is 1.96. The SMILES string of the molecule is CC(C)(C)C(=O)N1CCCC1C(=O)NCc1cn[nH]c1. The number of H-pyrrole nitrogens is 1. The smallest absolute Gasteiger partial charge is 0.243 e. The summed E-state index contributed by atoms with van der Waals surface area (Å²) in [5, 5.41) is 9.41. The number of amides is 2. The number of likely N-dealkylation sites (tertiary alicyclic amines) is 1. The van der Waals surface area contributed by atoms with Crippen molar-refractivity contribution in [3.63, 3.8) is 0 Å². The Bertz CT molecular complexity index is 476. The van der Waals surface area contributed by atoms with Gasteiger partial charge in [0.25, 0.3) is 0 Å². The highest BCUT2D eigenvalue weighted by molar-refractivity contribution is 5.90. The molecule has 110 valence electrons. The van der Waals surface area contributed by atoms with Gasteiger partial charge < -0.3 is 10.2 Å². The molecule has 0 radical (unpaired) electrons. The van der Waals surface area contributed by atoms with Crippen molar-refractivity contribution in [2.75, 3.05) is 6.54 Å². The number of carbonyl (C=O) groups excluding carboxylic acids is 2. The minimum atomic E-state index is -0.451. The van der Waals surface area contributed by atoms with Crippen LogP contribution in [0.25, 0.3) is 0 Å². The minimum absolute atomic E-state index is 0.0402. The highest BCUT2D eigenvalue weighted by Crippen LogP contribution is 2.25. The van der Waals surface area contributed by atoms with Gasteiger partial charge in [0.05, 0.1) is 6.20 Å². The fourth-order valence-corrected chi connectivity index (χ4v) is 2.39. The molecule has 0 bridgehead atoms. The summed E-state index contributed by atoms with van der Waals surface area (Å²) in [6.45, 7) is 6.75. The molecule has 0 aliphatic carbocycles. The normalized spacial score (nSPS) is 19.1. The van der Waals surface area contributed by atoms with E-state index in [4.69, 9.17) is 0 Å². The van der Waals surface area contributed by atoms with Gasteiger partial charge >= 0.3 is 0 Å². The largest absolute Gasteiger partial charge is 0.350 e. The van der Waals surface area contributed by atoms with Crippen molar-refractivity contribution in [1.82, 2.24) is 20.4 Å². The predicted octanol–water partition coefficient (Wildman–Crippen LogP) is 1.06.